The molecular formula is C17H22N2O5. The zero-order chi connectivity index (χ0) is 17.5. The number of carboxylic acid groups (broad SMARTS) is 1. The summed E-state index contributed by atoms with van der Waals surface area (Å²) >= 11 is 0. The van der Waals surface area contributed by atoms with E-state index in [1.54, 1.807) is 24.3 Å². The molecule has 2 amide bonds. The highest BCUT2D eigenvalue weighted by Crippen LogP contribution is 2.33. The molecule has 7 nitrogen and oxygen atoms in total. The number of benzene rings is 1. The Morgan fingerprint density at radius 1 is 1.29 bits per heavy atom. The second-order valence-corrected chi connectivity index (χ2v) is 5.75. The van der Waals surface area contributed by atoms with Gasteiger partial charge in [-0.05, 0) is 31.4 Å². The summed E-state index contributed by atoms with van der Waals surface area (Å²) in [5.41, 5.74) is 0.333. The van der Waals surface area contributed by atoms with Crippen molar-refractivity contribution in [2.24, 2.45) is 5.92 Å². The first-order valence-corrected chi connectivity index (χ1v) is 8.03. The third-order valence-corrected chi connectivity index (χ3v) is 3.74. The van der Waals surface area contributed by atoms with Crippen LogP contribution in [0.15, 0.2) is 24.3 Å². The lowest BCUT2D eigenvalue weighted by Gasteiger charge is -2.15. The molecule has 24 heavy (non-hydrogen) atoms. The Morgan fingerprint density at radius 3 is 2.62 bits per heavy atom. The molecule has 130 valence electrons. The van der Waals surface area contributed by atoms with Crippen molar-refractivity contribution in [3.8, 4) is 5.75 Å². The Bertz CT molecular complexity index is 613. The Morgan fingerprint density at radius 2 is 2.00 bits per heavy atom. The van der Waals surface area contributed by atoms with E-state index in [4.69, 9.17) is 9.84 Å². The van der Waals surface area contributed by atoms with Gasteiger partial charge in [-0.3, -0.25) is 9.59 Å². The van der Waals surface area contributed by atoms with E-state index in [9.17, 15) is 14.4 Å². The lowest BCUT2D eigenvalue weighted by Crippen LogP contribution is -2.45. The lowest BCUT2D eigenvalue weighted by atomic mass is 10.1. The molecule has 0 radical (unpaired) electrons. The summed E-state index contributed by atoms with van der Waals surface area (Å²) in [5.74, 6) is -1.20. The highest BCUT2D eigenvalue weighted by atomic mass is 16.5. The lowest BCUT2D eigenvalue weighted by molar-refractivity contribution is -0.142. The zero-order valence-corrected chi connectivity index (χ0v) is 13.6. The maximum atomic E-state index is 12.2. The van der Waals surface area contributed by atoms with Gasteiger partial charge in [-0.2, -0.15) is 0 Å². The number of ether oxygens (including phenoxy) is 1. The van der Waals surface area contributed by atoms with Gasteiger partial charge in [-0.15, -0.1) is 0 Å². The van der Waals surface area contributed by atoms with Gasteiger partial charge in [0, 0.05) is 0 Å². The van der Waals surface area contributed by atoms with Gasteiger partial charge in [0.15, 0.2) is 0 Å². The van der Waals surface area contributed by atoms with Crippen LogP contribution in [0.3, 0.4) is 0 Å². The van der Waals surface area contributed by atoms with E-state index in [1.807, 2.05) is 6.92 Å². The van der Waals surface area contributed by atoms with Crippen LogP contribution in [0.4, 0.5) is 0 Å². The first-order valence-electron chi connectivity index (χ1n) is 8.03. The van der Waals surface area contributed by atoms with Gasteiger partial charge in [0.05, 0.1) is 18.7 Å². The van der Waals surface area contributed by atoms with Crippen molar-refractivity contribution in [1.29, 1.82) is 0 Å². The third kappa shape index (κ3) is 5.26. The van der Waals surface area contributed by atoms with E-state index in [1.165, 1.54) is 0 Å². The Labute approximate surface area is 140 Å². The number of para-hydroxylation sites is 1. The van der Waals surface area contributed by atoms with Crippen LogP contribution in [-0.4, -0.2) is 42.1 Å². The molecule has 0 heterocycles. The van der Waals surface area contributed by atoms with Gasteiger partial charge >= 0.3 is 5.97 Å². The van der Waals surface area contributed by atoms with Crippen molar-refractivity contribution >= 4 is 17.8 Å². The maximum Gasteiger partial charge on any atom is 0.326 e. The Balaban J connectivity index is 1.86. The molecular weight excluding hydrogens is 312 g/mol. The minimum absolute atomic E-state index is 0.284. The summed E-state index contributed by atoms with van der Waals surface area (Å²) in [5, 5.41) is 14.1. The number of amides is 2. The predicted octanol–water partition coefficient (Wildman–Crippen LogP) is 1.18. The number of carbonyl (C=O) groups is 3. The molecule has 0 aliphatic heterocycles. The standard InChI is InChI=1S/C17H22N2O5/c1-2-24-14-6-4-3-5-12(14)16(21)18-10-15(20)19-13(17(22)23)9-11-7-8-11/h3-6,11,13H,2,7-10H2,1H3,(H,18,21)(H,19,20)(H,22,23). The minimum Gasteiger partial charge on any atom is -0.493 e. The summed E-state index contributed by atoms with van der Waals surface area (Å²) < 4.78 is 5.37. The highest BCUT2D eigenvalue weighted by Gasteiger charge is 2.30. The van der Waals surface area contributed by atoms with E-state index in [0.717, 1.165) is 12.8 Å². The Kier molecular flexibility index (Phi) is 6.17. The summed E-state index contributed by atoms with van der Waals surface area (Å²) in [4.78, 5) is 35.2. The van der Waals surface area contributed by atoms with E-state index >= 15 is 0 Å². The molecule has 1 saturated carbocycles. The van der Waals surface area contributed by atoms with Crippen molar-refractivity contribution in [1.82, 2.24) is 10.6 Å². The van der Waals surface area contributed by atoms with Crippen molar-refractivity contribution < 1.29 is 24.2 Å². The Hall–Kier alpha value is -2.57. The summed E-state index contributed by atoms with van der Waals surface area (Å²) in [6.45, 7) is 1.95. The van der Waals surface area contributed by atoms with Gasteiger partial charge in [0.1, 0.15) is 11.8 Å². The van der Waals surface area contributed by atoms with E-state index in [0.29, 0.717) is 30.3 Å². The van der Waals surface area contributed by atoms with Crippen molar-refractivity contribution in [3.05, 3.63) is 29.8 Å². The molecule has 2 rings (SSSR count). The third-order valence-electron chi connectivity index (χ3n) is 3.74. The monoisotopic (exact) mass is 334 g/mol. The van der Waals surface area contributed by atoms with Gasteiger partial charge in [-0.25, -0.2) is 4.79 Å². The average Bonchev–Trinajstić information content (AvgIpc) is 3.37. The molecule has 0 bridgehead atoms. The number of carboxylic acids is 1. The van der Waals surface area contributed by atoms with Gasteiger partial charge in [-0.1, -0.05) is 25.0 Å². The second kappa shape index (κ2) is 8.33. The van der Waals surface area contributed by atoms with Crippen LogP contribution in [0.1, 0.15) is 36.5 Å². The van der Waals surface area contributed by atoms with Gasteiger partial charge in [0.2, 0.25) is 5.91 Å². The molecule has 1 aromatic carbocycles. The van der Waals surface area contributed by atoms with Gasteiger partial charge in [0.25, 0.3) is 5.91 Å². The summed E-state index contributed by atoms with van der Waals surface area (Å²) in [7, 11) is 0. The summed E-state index contributed by atoms with van der Waals surface area (Å²) in [6.07, 6.45) is 2.44. The fraction of sp³-hybridized carbons (Fsp3) is 0.471. The minimum atomic E-state index is -1.05. The van der Waals surface area contributed by atoms with Crippen molar-refractivity contribution in [2.45, 2.75) is 32.2 Å². The van der Waals surface area contributed by atoms with Crippen LogP contribution in [0.25, 0.3) is 0 Å². The molecule has 1 unspecified atom stereocenters. The van der Waals surface area contributed by atoms with Crippen LogP contribution >= 0.6 is 0 Å². The summed E-state index contributed by atoms with van der Waals surface area (Å²) in [6, 6.07) is 5.83. The molecule has 1 aliphatic carbocycles. The number of carbonyl (C=O) groups excluding carboxylic acids is 2. The molecule has 0 aromatic heterocycles. The van der Waals surface area contributed by atoms with Crippen LogP contribution < -0.4 is 15.4 Å². The number of hydrogen-bond acceptors (Lipinski definition) is 4. The van der Waals surface area contributed by atoms with Gasteiger partial charge < -0.3 is 20.5 Å². The first kappa shape index (κ1) is 17.8. The average molecular weight is 334 g/mol. The second-order valence-electron chi connectivity index (χ2n) is 5.75. The predicted molar refractivity (Wildman–Crippen MR) is 86.9 cm³/mol. The molecule has 1 atom stereocenters. The smallest absolute Gasteiger partial charge is 0.326 e. The number of hydrogen-bond donors (Lipinski definition) is 3. The molecule has 0 spiro atoms. The molecule has 7 heteroatoms. The quantitative estimate of drug-likeness (QED) is 0.629. The van der Waals surface area contributed by atoms with Crippen LogP contribution in [0, 0.1) is 5.92 Å². The van der Waals surface area contributed by atoms with E-state index < -0.39 is 23.8 Å². The zero-order valence-electron chi connectivity index (χ0n) is 13.6. The van der Waals surface area contributed by atoms with Crippen molar-refractivity contribution in [3.63, 3.8) is 0 Å². The highest BCUT2D eigenvalue weighted by molar-refractivity contribution is 5.99. The number of rotatable bonds is 9. The molecule has 1 fully saturated rings. The molecule has 1 aromatic rings. The van der Waals surface area contributed by atoms with Crippen LogP contribution in [0.2, 0.25) is 0 Å². The topological polar surface area (TPSA) is 105 Å². The van der Waals surface area contributed by atoms with Crippen molar-refractivity contribution in [2.75, 3.05) is 13.2 Å². The van der Waals surface area contributed by atoms with Crippen LogP contribution in [0.5, 0.6) is 5.75 Å². The fourth-order valence-corrected chi connectivity index (χ4v) is 2.35. The molecule has 3 N–H and O–H groups in total. The maximum absolute atomic E-state index is 12.2. The first-order chi connectivity index (χ1) is 11.5. The largest absolute Gasteiger partial charge is 0.493 e. The molecule has 0 saturated heterocycles. The fourth-order valence-electron chi connectivity index (χ4n) is 2.35. The number of nitrogens with one attached hydrogen (secondary N) is 2. The number of aliphatic carboxylic acids is 1. The van der Waals surface area contributed by atoms with E-state index in [-0.39, 0.29) is 6.54 Å². The normalized spacial score (nSPS) is 14.5. The van der Waals surface area contributed by atoms with Crippen LogP contribution in [-0.2, 0) is 9.59 Å². The van der Waals surface area contributed by atoms with E-state index in [2.05, 4.69) is 10.6 Å². The SMILES string of the molecule is CCOc1ccccc1C(=O)NCC(=O)NC(CC1CC1)C(=O)O. The molecule has 1 aliphatic rings.